The van der Waals surface area contributed by atoms with Crippen LogP contribution in [0.2, 0.25) is 26.6 Å². The first-order valence-electron chi connectivity index (χ1n) is 14.3. The molecule has 1 aromatic rings. The summed E-state index contributed by atoms with van der Waals surface area (Å²) in [5.74, 6) is 0. The molecule has 1 aromatic heterocycles. The molecule has 0 bridgehead atoms. The molecule has 0 aliphatic heterocycles. The van der Waals surface area contributed by atoms with Crippen molar-refractivity contribution in [3.05, 3.63) is 12.1 Å². The summed E-state index contributed by atoms with van der Waals surface area (Å²) in [5.41, 5.74) is 0. The van der Waals surface area contributed by atoms with Crippen LogP contribution in [0.5, 0.6) is 0 Å². The zero-order valence-electron chi connectivity index (χ0n) is 22.4. The Morgan fingerprint density at radius 3 is 0.871 bits per heavy atom. The third-order valence-electron chi connectivity index (χ3n) is 7.88. The number of unbranched alkanes of at least 4 members (excludes halogenated alkanes) is 6. The van der Waals surface area contributed by atoms with Gasteiger partial charge in [-0.1, -0.05) is 0 Å². The molecule has 0 atom stereocenters. The molecule has 0 amide bonds. The summed E-state index contributed by atoms with van der Waals surface area (Å²) in [7, 11) is 1.17. The molecular weight excluding hydrogens is 605 g/mol. The fraction of sp³-hybridized carbons (Fsp3) is 0.857. The van der Waals surface area contributed by atoms with E-state index >= 15 is 0 Å². The molecule has 0 aliphatic carbocycles. The van der Waals surface area contributed by atoms with Gasteiger partial charge in [0.1, 0.15) is 0 Å². The molecule has 0 radical (unpaired) electrons. The molecule has 0 aliphatic rings. The Bertz CT molecular complexity index is 461. The Balaban J connectivity index is 3.37. The van der Waals surface area contributed by atoms with Crippen LogP contribution in [0.1, 0.15) is 119 Å². The maximum absolute atomic E-state index is 2.79. The predicted molar refractivity (Wildman–Crippen MR) is 155 cm³/mol. The van der Waals surface area contributed by atoms with Crippen LogP contribution in [0.4, 0.5) is 0 Å². The van der Waals surface area contributed by atoms with E-state index in [1.807, 2.05) is 0 Å². The van der Waals surface area contributed by atoms with Crippen LogP contribution in [-0.2, 0) is 0 Å². The van der Waals surface area contributed by atoms with Gasteiger partial charge in [-0.15, -0.1) is 0 Å². The number of hydrogen-bond acceptors (Lipinski definition) is 0. The Morgan fingerprint density at radius 2 is 0.677 bits per heavy atom. The molecule has 0 nitrogen and oxygen atoms in total. The summed E-state index contributed by atoms with van der Waals surface area (Å²) in [6, 6.07) is 5.58. The molecule has 1 rings (SSSR count). The van der Waals surface area contributed by atoms with Gasteiger partial charge in [0.05, 0.1) is 0 Å². The number of hydrogen-bond donors (Lipinski definition) is 0. The minimum absolute atomic E-state index is 1.17. The normalized spacial score (nSPS) is 12.6. The molecule has 31 heavy (non-hydrogen) atoms. The van der Waals surface area contributed by atoms with Crippen LogP contribution in [0.3, 0.4) is 0 Å². The number of rotatable bonds is 20. The summed E-state index contributed by atoms with van der Waals surface area (Å²) < 4.78 is 14.2. The monoisotopic (exact) mass is 664 g/mol. The van der Waals surface area contributed by atoms with E-state index in [1.54, 1.807) is 26.6 Å². The molecule has 1 heterocycles. The van der Waals surface area contributed by atoms with Gasteiger partial charge in [-0.25, -0.2) is 0 Å². The SMILES string of the molecule is CCC[CH2][Sn]([CH2]CCC)([CH2]CCC)[c]1cc[c]([Sn]([CH2]CCC)([CH2]CCC)[CH2]CCC)[pH]1. The van der Waals surface area contributed by atoms with Gasteiger partial charge in [0.15, 0.2) is 0 Å². The summed E-state index contributed by atoms with van der Waals surface area (Å²) in [6.45, 7) is 14.5. The third-order valence-corrected chi connectivity index (χ3v) is 47.9. The Kier molecular flexibility index (Phi) is 17.4. The van der Waals surface area contributed by atoms with Crippen molar-refractivity contribution in [1.29, 1.82) is 0 Å². The fourth-order valence-electron chi connectivity index (χ4n) is 5.66. The van der Waals surface area contributed by atoms with E-state index in [-0.39, 0.29) is 0 Å². The molecule has 0 fully saturated rings. The standard InChI is InChI=1S/C4H3P.6C4H9.2Sn/c1-2-4-5-3-1;6*1-3-4-2;;/h1-2,5H;6*1,3-4H2,2H3;;. The van der Waals surface area contributed by atoms with E-state index in [0.717, 1.165) is 0 Å². The van der Waals surface area contributed by atoms with Crippen molar-refractivity contribution in [2.45, 2.75) is 145 Å². The second kappa shape index (κ2) is 17.8. The van der Waals surface area contributed by atoms with Crippen molar-refractivity contribution in [3.8, 4) is 0 Å². The summed E-state index contributed by atoms with van der Waals surface area (Å²) in [4.78, 5) is 0. The van der Waals surface area contributed by atoms with Gasteiger partial charge in [0.25, 0.3) is 0 Å². The van der Waals surface area contributed by atoms with Crippen LogP contribution in [-0.4, -0.2) is 36.8 Å². The van der Waals surface area contributed by atoms with Crippen LogP contribution in [0, 0.1) is 0 Å². The molecular formula is C28H57PSn2. The summed E-state index contributed by atoms with van der Waals surface area (Å²) in [6.07, 6.45) is 17.5. The van der Waals surface area contributed by atoms with E-state index in [0.29, 0.717) is 0 Å². The minimum atomic E-state index is -2.21. The topological polar surface area (TPSA) is 0 Å². The first-order valence-corrected chi connectivity index (χ1v) is 30.2. The van der Waals surface area contributed by atoms with Gasteiger partial charge in [-0.3, -0.25) is 0 Å². The predicted octanol–water partition coefficient (Wildman–Crippen LogP) is 9.83. The first-order chi connectivity index (χ1) is 15.1. The van der Waals surface area contributed by atoms with Gasteiger partial charge in [0.2, 0.25) is 0 Å². The maximum atomic E-state index is 2.79. The molecule has 0 spiro atoms. The molecule has 3 heteroatoms. The van der Waals surface area contributed by atoms with E-state index in [2.05, 4.69) is 60.3 Å². The average molecular weight is 662 g/mol. The van der Waals surface area contributed by atoms with Gasteiger partial charge in [0, 0.05) is 0 Å². The first kappa shape index (κ1) is 30.4. The molecule has 0 saturated carbocycles. The van der Waals surface area contributed by atoms with Crippen LogP contribution in [0.15, 0.2) is 12.1 Å². The molecule has 0 saturated heterocycles. The van der Waals surface area contributed by atoms with Crippen molar-refractivity contribution in [1.82, 2.24) is 0 Å². The zero-order valence-corrected chi connectivity index (χ0v) is 29.1. The summed E-state index contributed by atoms with van der Waals surface area (Å²) >= 11 is -4.42. The van der Waals surface area contributed by atoms with E-state index in [9.17, 15) is 0 Å². The third kappa shape index (κ3) is 9.87. The van der Waals surface area contributed by atoms with E-state index in [4.69, 9.17) is 0 Å². The van der Waals surface area contributed by atoms with Gasteiger partial charge < -0.3 is 0 Å². The Hall–Kier alpha value is 1.38. The van der Waals surface area contributed by atoms with Crippen LogP contribution in [0.25, 0.3) is 0 Å². The second-order valence-electron chi connectivity index (χ2n) is 10.5. The van der Waals surface area contributed by atoms with Crippen molar-refractivity contribution in [2.24, 2.45) is 0 Å². The van der Waals surface area contributed by atoms with Crippen molar-refractivity contribution < 1.29 is 0 Å². The Labute approximate surface area is 207 Å². The van der Waals surface area contributed by atoms with Crippen LogP contribution < -0.4 is 6.62 Å². The van der Waals surface area contributed by atoms with Gasteiger partial charge >= 0.3 is 209 Å². The second-order valence-corrected chi connectivity index (χ2v) is 40.9. The van der Waals surface area contributed by atoms with Gasteiger partial charge in [-0.05, 0) is 0 Å². The quantitative estimate of drug-likeness (QED) is 0.122. The molecule has 0 aromatic carbocycles. The summed E-state index contributed by atoms with van der Waals surface area (Å²) in [5, 5.41) is 0. The Morgan fingerprint density at radius 1 is 0.452 bits per heavy atom. The molecule has 182 valence electrons. The zero-order chi connectivity index (χ0) is 23.0. The van der Waals surface area contributed by atoms with E-state index in [1.165, 1.54) is 85.2 Å². The molecule has 0 unspecified atom stereocenters. The molecule has 0 N–H and O–H groups in total. The van der Waals surface area contributed by atoms with Gasteiger partial charge in [-0.2, -0.15) is 0 Å². The fourth-order valence-corrected chi connectivity index (χ4v) is 50.8. The average Bonchev–Trinajstić information content (AvgIpc) is 3.30. The van der Waals surface area contributed by atoms with Crippen molar-refractivity contribution in [3.63, 3.8) is 0 Å². The van der Waals surface area contributed by atoms with E-state index < -0.39 is 36.8 Å². The van der Waals surface area contributed by atoms with Crippen LogP contribution >= 0.6 is 8.19 Å². The van der Waals surface area contributed by atoms with Crippen molar-refractivity contribution >= 4 is 51.6 Å². The van der Waals surface area contributed by atoms with Crippen molar-refractivity contribution in [2.75, 3.05) is 0 Å².